The third-order valence-corrected chi connectivity index (χ3v) is 7.98. The minimum atomic E-state index is -3.68. The Morgan fingerprint density at radius 3 is 2.42 bits per heavy atom. The number of sulfonamides is 1. The fraction of sp³-hybridized carbons (Fsp3) is 0.458. The van der Waals surface area contributed by atoms with Crippen LogP contribution in [-0.4, -0.2) is 23.7 Å². The number of hydrogen-bond donors (Lipinski definition) is 1. The maximum atomic E-state index is 13.1. The summed E-state index contributed by atoms with van der Waals surface area (Å²) < 4.78 is 30.8. The molecule has 4 rings (SSSR count). The molecule has 2 aromatic carbocycles. The smallest absolute Gasteiger partial charge is 0.236 e. The van der Waals surface area contributed by atoms with Gasteiger partial charge in [-0.3, -0.25) is 0 Å². The lowest BCUT2D eigenvalue weighted by molar-refractivity contribution is 0.352. The van der Waals surface area contributed by atoms with E-state index >= 15 is 0 Å². The first-order valence-electron chi connectivity index (χ1n) is 10.9. The Morgan fingerprint density at radius 1 is 1.06 bits per heavy atom. The molecule has 0 spiro atoms. The lowest BCUT2D eigenvalue weighted by atomic mass is 9.86. The van der Waals surface area contributed by atoms with E-state index in [0.29, 0.717) is 16.3 Å². The summed E-state index contributed by atoms with van der Waals surface area (Å²) in [4.78, 5) is 0.272. The van der Waals surface area contributed by atoms with Crippen molar-refractivity contribution >= 4 is 32.4 Å². The molecule has 31 heavy (non-hydrogen) atoms. The number of nitrogens with zero attached hydrogens (tertiary/aromatic N) is 2. The monoisotopic (exact) mass is 459 g/mol. The minimum Gasteiger partial charge on any atom is -0.236 e. The average Bonchev–Trinajstić information content (AvgIpc) is 3.06. The van der Waals surface area contributed by atoms with Crippen LogP contribution in [0.3, 0.4) is 0 Å². The van der Waals surface area contributed by atoms with E-state index in [-0.39, 0.29) is 4.90 Å². The van der Waals surface area contributed by atoms with Crippen molar-refractivity contribution in [2.75, 3.05) is 0 Å². The SMILES string of the molecule is CC(C)(C)NS(=O)(=O)c1ccc(-n2ncc(Cl)c2CC2CCCCC2)c2ccccc12. The second-order valence-electron chi connectivity index (χ2n) is 9.54. The van der Waals surface area contributed by atoms with Crippen LogP contribution in [0.4, 0.5) is 0 Å². The summed E-state index contributed by atoms with van der Waals surface area (Å²) in [6, 6.07) is 11.1. The molecule has 0 aliphatic heterocycles. The Kier molecular flexibility index (Phi) is 6.16. The highest BCUT2D eigenvalue weighted by Crippen LogP contribution is 2.34. The van der Waals surface area contributed by atoms with E-state index in [9.17, 15) is 8.42 Å². The molecule has 0 radical (unpaired) electrons. The summed E-state index contributed by atoms with van der Waals surface area (Å²) in [5.41, 5.74) is 1.28. The van der Waals surface area contributed by atoms with Crippen molar-refractivity contribution in [2.24, 2.45) is 5.92 Å². The molecular formula is C24H30ClN3O2S. The molecular weight excluding hydrogens is 430 g/mol. The topological polar surface area (TPSA) is 64.0 Å². The molecule has 1 fully saturated rings. The van der Waals surface area contributed by atoms with Crippen LogP contribution in [0.2, 0.25) is 5.02 Å². The predicted molar refractivity (Wildman–Crippen MR) is 126 cm³/mol. The van der Waals surface area contributed by atoms with Gasteiger partial charge in [-0.2, -0.15) is 5.10 Å². The first kappa shape index (κ1) is 22.3. The molecule has 1 aromatic heterocycles. The fourth-order valence-corrected chi connectivity index (χ4v) is 6.37. The maximum absolute atomic E-state index is 13.1. The van der Waals surface area contributed by atoms with E-state index in [1.165, 1.54) is 32.1 Å². The average molecular weight is 460 g/mol. The van der Waals surface area contributed by atoms with Gasteiger partial charge in [0.15, 0.2) is 0 Å². The second kappa shape index (κ2) is 8.57. The summed E-state index contributed by atoms with van der Waals surface area (Å²) in [5, 5.41) is 6.75. The van der Waals surface area contributed by atoms with Crippen LogP contribution in [0, 0.1) is 5.92 Å². The van der Waals surface area contributed by atoms with Gasteiger partial charge < -0.3 is 0 Å². The van der Waals surface area contributed by atoms with Gasteiger partial charge in [-0.15, -0.1) is 0 Å². The maximum Gasteiger partial charge on any atom is 0.241 e. The standard InChI is InChI=1S/C24H30ClN3O2S/c1-24(2,3)27-31(29,30)23-14-13-21(18-11-7-8-12-19(18)23)28-22(20(25)16-26-28)15-17-9-5-4-6-10-17/h7-8,11-14,16-17,27H,4-6,9-10,15H2,1-3H3. The van der Waals surface area contributed by atoms with Gasteiger partial charge in [0, 0.05) is 16.3 Å². The molecule has 1 saturated carbocycles. The normalized spacial score (nSPS) is 16.1. The van der Waals surface area contributed by atoms with Crippen LogP contribution < -0.4 is 4.72 Å². The first-order chi connectivity index (χ1) is 14.7. The van der Waals surface area contributed by atoms with E-state index in [1.807, 2.05) is 55.8 Å². The molecule has 1 aliphatic carbocycles. The van der Waals surface area contributed by atoms with Crippen LogP contribution in [-0.2, 0) is 16.4 Å². The number of rotatable bonds is 5. The number of benzene rings is 2. The summed E-state index contributed by atoms with van der Waals surface area (Å²) in [6.45, 7) is 5.51. The zero-order valence-electron chi connectivity index (χ0n) is 18.4. The summed E-state index contributed by atoms with van der Waals surface area (Å²) >= 11 is 6.55. The predicted octanol–water partition coefficient (Wildman–Crippen LogP) is 5.88. The first-order valence-corrected chi connectivity index (χ1v) is 12.8. The Balaban J connectivity index is 1.81. The quantitative estimate of drug-likeness (QED) is 0.518. The second-order valence-corrected chi connectivity index (χ2v) is 11.6. The highest BCUT2D eigenvalue weighted by molar-refractivity contribution is 7.89. The largest absolute Gasteiger partial charge is 0.241 e. The van der Waals surface area contributed by atoms with Gasteiger partial charge in [0.05, 0.1) is 27.5 Å². The molecule has 1 N–H and O–H groups in total. The van der Waals surface area contributed by atoms with Gasteiger partial charge in [-0.25, -0.2) is 17.8 Å². The number of aromatic nitrogens is 2. The summed E-state index contributed by atoms with van der Waals surface area (Å²) in [7, 11) is -3.68. The molecule has 0 bridgehead atoms. The van der Waals surface area contributed by atoms with E-state index in [0.717, 1.165) is 23.2 Å². The Labute approximate surface area is 189 Å². The molecule has 0 unspecified atom stereocenters. The van der Waals surface area contributed by atoms with Crippen LogP contribution in [0.1, 0.15) is 58.6 Å². The third kappa shape index (κ3) is 4.81. The molecule has 3 aromatic rings. The summed E-state index contributed by atoms with van der Waals surface area (Å²) in [5.74, 6) is 0.614. The van der Waals surface area contributed by atoms with Crippen molar-refractivity contribution in [3.63, 3.8) is 0 Å². The Morgan fingerprint density at radius 2 is 1.74 bits per heavy atom. The molecule has 1 heterocycles. The van der Waals surface area contributed by atoms with Gasteiger partial charge in [-0.1, -0.05) is 68.0 Å². The number of hydrogen-bond acceptors (Lipinski definition) is 3. The zero-order valence-corrected chi connectivity index (χ0v) is 19.9. The van der Waals surface area contributed by atoms with Crippen LogP contribution in [0.5, 0.6) is 0 Å². The third-order valence-electron chi connectivity index (χ3n) is 5.84. The van der Waals surface area contributed by atoms with Gasteiger partial charge in [-0.05, 0) is 45.2 Å². The van der Waals surface area contributed by atoms with Crippen molar-refractivity contribution in [1.82, 2.24) is 14.5 Å². The van der Waals surface area contributed by atoms with Gasteiger partial charge in [0.1, 0.15) is 0 Å². The van der Waals surface area contributed by atoms with Crippen LogP contribution in [0.25, 0.3) is 16.5 Å². The highest BCUT2D eigenvalue weighted by atomic mass is 35.5. The number of nitrogens with one attached hydrogen (secondary N) is 1. The van der Waals surface area contributed by atoms with Crippen molar-refractivity contribution in [3.8, 4) is 5.69 Å². The molecule has 1 aliphatic rings. The van der Waals surface area contributed by atoms with Crippen molar-refractivity contribution in [2.45, 2.75) is 69.7 Å². The van der Waals surface area contributed by atoms with Crippen LogP contribution >= 0.6 is 11.6 Å². The Bertz CT molecular complexity index is 1190. The van der Waals surface area contributed by atoms with E-state index in [1.54, 1.807) is 12.3 Å². The van der Waals surface area contributed by atoms with E-state index < -0.39 is 15.6 Å². The van der Waals surface area contributed by atoms with Crippen LogP contribution in [0.15, 0.2) is 47.5 Å². The van der Waals surface area contributed by atoms with Gasteiger partial charge in [0.25, 0.3) is 0 Å². The van der Waals surface area contributed by atoms with E-state index in [2.05, 4.69) is 9.82 Å². The molecule has 0 atom stereocenters. The zero-order chi connectivity index (χ0) is 22.2. The van der Waals surface area contributed by atoms with E-state index in [4.69, 9.17) is 11.6 Å². The molecule has 5 nitrogen and oxygen atoms in total. The molecule has 7 heteroatoms. The lowest BCUT2D eigenvalue weighted by Crippen LogP contribution is -2.40. The van der Waals surface area contributed by atoms with Crippen molar-refractivity contribution < 1.29 is 8.42 Å². The number of fused-ring (bicyclic) bond motifs is 1. The van der Waals surface area contributed by atoms with Crippen molar-refractivity contribution in [1.29, 1.82) is 0 Å². The molecule has 0 saturated heterocycles. The molecule has 166 valence electrons. The van der Waals surface area contributed by atoms with Gasteiger partial charge >= 0.3 is 0 Å². The highest BCUT2D eigenvalue weighted by Gasteiger charge is 2.26. The van der Waals surface area contributed by atoms with Crippen molar-refractivity contribution in [3.05, 3.63) is 53.3 Å². The number of halogens is 1. The Hall–Kier alpha value is -1.89. The molecule has 0 amide bonds. The minimum absolute atomic E-state index is 0.272. The summed E-state index contributed by atoms with van der Waals surface area (Å²) in [6.07, 6.45) is 8.88. The fourth-order valence-electron chi connectivity index (χ4n) is 4.54. The lowest BCUT2D eigenvalue weighted by Gasteiger charge is -2.23. The van der Waals surface area contributed by atoms with Gasteiger partial charge in [0.2, 0.25) is 10.0 Å².